The first kappa shape index (κ1) is 24.4. The summed E-state index contributed by atoms with van der Waals surface area (Å²) in [5, 5.41) is 1.63. The Labute approximate surface area is 191 Å². The van der Waals surface area contributed by atoms with E-state index in [9.17, 15) is 31.2 Å². The summed E-state index contributed by atoms with van der Waals surface area (Å²) in [6, 6.07) is 9.50. The fourth-order valence-corrected chi connectivity index (χ4v) is 4.28. The van der Waals surface area contributed by atoms with Crippen LogP contribution in [0.2, 0.25) is 0 Å². The van der Waals surface area contributed by atoms with Crippen LogP contribution in [0.5, 0.6) is 0 Å². The second kappa shape index (κ2) is 9.32. The van der Waals surface area contributed by atoms with Crippen molar-refractivity contribution in [2.24, 2.45) is 0 Å². The maximum atomic E-state index is 13.0. The van der Waals surface area contributed by atoms with Gasteiger partial charge >= 0.3 is 12.1 Å². The summed E-state index contributed by atoms with van der Waals surface area (Å²) in [4.78, 5) is 29.7. The van der Waals surface area contributed by atoms with Crippen molar-refractivity contribution >= 4 is 43.9 Å². The van der Waals surface area contributed by atoms with E-state index in [-0.39, 0.29) is 33.6 Å². The van der Waals surface area contributed by atoms with Gasteiger partial charge in [-0.2, -0.15) is 13.2 Å². The van der Waals surface area contributed by atoms with Gasteiger partial charge in [0.1, 0.15) is 6.61 Å². The minimum absolute atomic E-state index is 0.00110. The Bertz CT molecular complexity index is 1290. The van der Waals surface area contributed by atoms with Crippen molar-refractivity contribution in [2.75, 3.05) is 11.2 Å². The number of amides is 1. The minimum atomic E-state index is -4.57. The average Bonchev–Trinajstić information content (AvgIpc) is 3.19. The van der Waals surface area contributed by atoms with E-state index in [0.717, 1.165) is 34.6 Å². The fourth-order valence-electron chi connectivity index (χ4n) is 2.77. The van der Waals surface area contributed by atoms with Gasteiger partial charge in [-0.15, -0.1) is 11.3 Å². The lowest BCUT2D eigenvalue weighted by molar-refractivity contribution is -0.137. The molecule has 0 bridgehead atoms. The number of carbonyl (C=O) groups excluding carboxylic acids is 2. The number of hydrogen-bond donors (Lipinski definition) is 0. The number of alkyl halides is 3. The van der Waals surface area contributed by atoms with Gasteiger partial charge in [-0.05, 0) is 42.5 Å². The standard InChI is InChI=1S/C21H17F3N2O5S2/c1-13(27)26(17-5-3-4-15(10-17)21(22,23)24)20-25-16(12-32-20)11-31-19(28)14-6-8-18(9-7-14)33(2,29)30/h3-10,12H,11H2,1-2H3. The number of thiazole rings is 1. The molecule has 0 spiro atoms. The van der Waals surface area contributed by atoms with E-state index in [0.29, 0.717) is 0 Å². The molecule has 1 amide bonds. The number of sulfone groups is 1. The molecule has 0 aliphatic rings. The first-order valence-corrected chi connectivity index (χ1v) is 12.0. The van der Waals surface area contributed by atoms with Gasteiger partial charge in [0, 0.05) is 18.6 Å². The SMILES string of the molecule is CC(=O)N(c1cccc(C(F)(F)F)c1)c1nc(COC(=O)c2ccc(S(C)(=O)=O)cc2)cs1. The van der Waals surface area contributed by atoms with E-state index < -0.39 is 33.5 Å². The molecule has 2 aromatic carbocycles. The molecular weight excluding hydrogens is 481 g/mol. The number of esters is 1. The number of benzene rings is 2. The number of aromatic nitrogens is 1. The molecule has 3 rings (SSSR count). The summed E-state index contributed by atoms with van der Waals surface area (Å²) in [5.74, 6) is -1.26. The summed E-state index contributed by atoms with van der Waals surface area (Å²) in [7, 11) is -3.40. The number of ether oxygens (including phenoxy) is 1. The predicted octanol–water partition coefficient (Wildman–Crippen LogP) is 4.61. The third-order valence-corrected chi connectivity index (χ3v) is 6.35. The maximum absolute atomic E-state index is 13.0. The van der Waals surface area contributed by atoms with Crippen molar-refractivity contribution in [3.05, 3.63) is 70.7 Å². The molecular formula is C21H17F3N2O5S2. The van der Waals surface area contributed by atoms with Gasteiger partial charge in [-0.3, -0.25) is 9.69 Å². The van der Waals surface area contributed by atoms with Gasteiger partial charge in [0.05, 0.1) is 27.4 Å². The maximum Gasteiger partial charge on any atom is 0.416 e. The highest BCUT2D eigenvalue weighted by Crippen LogP contribution is 2.35. The second-order valence-corrected chi connectivity index (χ2v) is 9.75. The molecule has 0 radical (unpaired) electrons. The average molecular weight is 499 g/mol. The van der Waals surface area contributed by atoms with E-state index in [4.69, 9.17) is 4.74 Å². The van der Waals surface area contributed by atoms with Gasteiger partial charge in [0.15, 0.2) is 15.0 Å². The van der Waals surface area contributed by atoms with Crippen LogP contribution < -0.4 is 4.90 Å². The summed E-state index contributed by atoms with van der Waals surface area (Å²) in [5.41, 5.74) is -0.485. The lowest BCUT2D eigenvalue weighted by atomic mass is 10.2. The van der Waals surface area contributed by atoms with Crippen molar-refractivity contribution in [3.63, 3.8) is 0 Å². The van der Waals surface area contributed by atoms with Crippen LogP contribution in [0, 0.1) is 0 Å². The van der Waals surface area contributed by atoms with E-state index in [1.54, 1.807) is 0 Å². The lowest BCUT2D eigenvalue weighted by Crippen LogP contribution is -2.23. The van der Waals surface area contributed by atoms with Crippen LogP contribution in [-0.2, 0) is 32.2 Å². The number of nitrogens with zero attached hydrogens (tertiary/aromatic N) is 2. The highest BCUT2D eigenvalue weighted by molar-refractivity contribution is 7.90. The van der Waals surface area contributed by atoms with Crippen LogP contribution in [0.1, 0.15) is 28.5 Å². The summed E-state index contributed by atoms with van der Waals surface area (Å²) < 4.78 is 67.3. The van der Waals surface area contributed by atoms with E-state index >= 15 is 0 Å². The predicted molar refractivity (Wildman–Crippen MR) is 115 cm³/mol. The van der Waals surface area contributed by atoms with E-state index in [1.807, 2.05) is 0 Å². The summed E-state index contributed by atoms with van der Waals surface area (Å²) in [6.45, 7) is 0.943. The molecule has 7 nitrogen and oxygen atoms in total. The number of hydrogen-bond acceptors (Lipinski definition) is 7. The topological polar surface area (TPSA) is 93.6 Å². The number of halogens is 3. The van der Waals surface area contributed by atoms with Crippen molar-refractivity contribution < 1.29 is 35.9 Å². The zero-order valence-electron chi connectivity index (χ0n) is 17.3. The highest BCUT2D eigenvalue weighted by Gasteiger charge is 2.31. The second-order valence-electron chi connectivity index (χ2n) is 6.90. The quantitative estimate of drug-likeness (QED) is 0.461. The molecule has 0 saturated heterocycles. The van der Waals surface area contributed by atoms with Crippen molar-refractivity contribution in [3.8, 4) is 0 Å². The molecule has 0 saturated carbocycles. The Kier molecular flexibility index (Phi) is 6.89. The van der Waals surface area contributed by atoms with Crippen LogP contribution in [0.3, 0.4) is 0 Å². The van der Waals surface area contributed by atoms with Gasteiger partial charge in [0.25, 0.3) is 0 Å². The Balaban J connectivity index is 1.74. The first-order valence-electron chi connectivity index (χ1n) is 9.26. The number of carbonyl (C=O) groups is 2. The van der Waals surface area contributed by atoms with E-state index in [2.05, 4.69) is 4.98 Å². The smallest absolute Gasteiger partial charge is 0.416 e. The van der Waals surface area contributed by atoms with Gasteiger partial charge < -0.3 is 4.74 Å². The van der Waals surface area contributed by atoms with Crippen molar-refractivity contribution in [2.45, 2.75) is 24.6 Å². The Morgan fingerprint density at radius 1 is 1.12 bits per heavy atom. The molecule has 0 aliphatic heterocycles. The largest absolute Gasteiger partial charge is 0.456 e. The highest BCUT2D eigenvalue weighted by atomic mass is 32.2. The first-order chi connectivity index (χ1) is 15.4. The molecule has 0 atom stereocenters. The molecule has 1 aromatic heterocycles. The molecule has 33 heavy (non-hydrogen) atoms. The van der Waals surface area contributed by atoms with Crippen LogP contribution >= 0.6 is 11.3 Å². The van der Waals surface area contributed by atoms with Crippen molar-refractivity contribution in [1.29, 1.82) is 0 Å². The normalized spacial score (nSPS) is 11.8. The van der Waals surface area contributed by atoms with Crippen LogP contribution in [-0.4, -0.2) is 31.5 Å². The molecule has 12 heteroatoms. The number of rotatable bonds is 6. The van der Waals surface area contributed by atoms with Gasteiger partial charge in [-0.1, -0.05) is 6.07 Å². The van der Waals surface area contributed by atoms with Crippen LogP contribution in [0.15, 0.2) is 58.8 Å². The zero-order valence-corrected chi connectivity index (χ0v) is 18.9. The third kappa shape index (κ3) is 5.96. The Morgan fingerprint density at radius 3 is 2.36 bits per heavy atom. The summed E-state index contributed by atoms with van der Waals surface area (Å²) in [6.07, 6.45) is -3.52. The zero-order chi connectivity index (χ0) is 24.4. The molecule has 0 N–H and O–H groups in total. The van der Waals surface area contributed by atoms with E-state index in [1.165, 1.54) is 48.7 Å². The lowest BCUT2D eigenvalue weighted by Gasteiger charge is -2.19. The molecule has 0 aliphatic carbocycles. The molecule has 0 fully saturated rings. The molecule has 3 aromatic rings. The monoisotopic (exact) mass is 498 g/mol. The van der Waals surface area contributed by atoms with Gasteiger partial charge in [0.2, 0.25) is 5.91 Å². The minimum Gasteiger partial charge on any atom is -0.456 e. The Hall–Kier alpha value is -3.25. The van der Waals surface area contributed by atoms with Gasteiger partial charge in [-0.25, -0.2) is 18.2 Å². The molecule has 0 unspecified atom stereocenters. The Morgan fingerprint density at radius 2 is 1.79 bits per heavy atom. The molecule has 174 valence electrons. The number of anilines is 2. The third-order valence-electron chi connectivity index (χ3n) is 4.35. The fraction of sp³-hybridized carbons (Fsp3) is 0.190. The summed E-state index contributed by atoms with van der Waals surface area (Å²) >= 11 is 1.00. The van der Waals surface area contributed by atoms with Crippen LogP contribution in [0.25, 0.3) is 0 Å². The van der Waals surface area contributed by atoms with Crippen molar-refractivity contribution in [1.82, 2.24) is 4.98 Å². The van der Waals surface area contributed by atoms with Crippen LogP contribution in [0.4, 0.5) is 24.0 Å². The molecule has 1 heterocycles.